The molecule has 4 nitrogen and oxygen atoms in total. The van der Waals surface area contributed by atoms with Crippen molar-refractivity contribution in [1.82, 2.24) is 10.2 Å². The fraction of sp³-hybridized carbons (Fsp3) is 0.300. The number of hydrogen-bond acceptors (Lipinski definition) is 2. The molecule has 0 aliphatic heterocycles. The molecule has 0 fully saturated rings. The van der Waals surface area contributed by atoms with Crippen molar-refractivity contribution in [2.45, 2.75) is 26.3 Å². The molecule has 1 N–H and O–H groups in total. The summed E-state index contributed by atoms with van der Waals surface area (Å²) in [4.78, 5) is 25.4. The third kappa shape index (κ3) is 6.37. The zero-order valence-corrected chi connectivity index (χ0v) is 14.4. The van der Waals surface area contributed by atoms with E-state index in [1.165, 1.54) is 13.0 Å². The first kappa shape index (κ1) is 18.6. The van der Waals surface area contributed by atoms with E-state index in [1.54, 1.807) is 23.1 Å². The number of nitrogens with zero attached hydrogens (tertiary/aromatic N) is 1. The van der Waals surface area contributed by atoms with Gasteiger partial charge in [-0.2, -0.15) is 0 Å². The van der Waals surface area contributed by atoms with Crippen LogP contribution in [0.2, 0.25) is 0 Å². The lowest BCUT2D eigenvalue weighted by Crippen LogP contribution is -2.35. The van der Waals surface area contributed by atoms with E-state index in [0.717, 1.165) is 12.0 Å². The van der Waals surface area contributed by atoms with Gasteiger partial charge in [-0.1, -0.05) is 48.5 Å². The molecule has 0 aromatic heterocycles. The van der Waals surface area contributed by atoms with E-state index < -0.39 is 0 Å². The van der Waals surface area contributed by atoms with E-state index in [4.69, 9.17) is 0 Å². The van der Waals surface area contributed by atoms with Gasteiger partial charge in [0.1, 0.15) is 5.82 Å². The Bertz CT molecular complexity index is 704. The van der Waals surface area contributed by atoms with E-state index in [9.17, 15) is 14.0 Å². The molecule has 0 heterocycles. The first-order chi connectivity index (χ1) is 12.1. The average Bonchev–Trinajstić information content (AvgIpc) is 2.61. The van der Waals surface area contributed by atoms with E-state index in [1.807, 2.05) is 30.3 Å². The zero-order valence-electron chi connectivity index (χ0n) is 14.4. The number of hydrogen-bond donors (Lipinski definition) is 1. The number of amides is 2. The van der Waals surface area contributed by atoms with Crippen LogP contribution in [0.15, 0.2) is 54.6 Å². The molecule has 0 bridgehead atoms. The highest BCUT2D eigenvalue weighted by atomic mass is 19.1. The van der Waals surface area contributed by atoms with Crippen LogP contribution >= 0.6 is 0 Å². The molecule has 0 radical (unpaired) electrons. The Morgan fingerprint density at radius 1 is 1.00 bits per heavy atom. The molecule has 0 spiro atoms. The SMILES string of the molecule is CC(=O)N(CCC(=O)NCc1ccccc1F)CCc1ccccc1. The largest absolute Gasteiger partial charge is 0.352 e. The van der Waals surface area contributed by atoms with E-state index >= 15 is 0 Å². The lowest BCUT2D eigenvalue weighted by Gasteiger charge is -2.21. The first-order valence-electron chi connectivity index (χ1n) is 8.36. The second kappa shape index (κ2) is 9.57. The molecule has 0 atom stereocenters. The van der Waals surface area contributed by atoms with Crippen LogP contribution in [-0.2, 0) is 22.6 Å². The minimum absolute atomic E-state index is 0.0576. The highest BCUT2D eigenvalue weighted by molar-refractivity contribution is 5.78. The molecule has 2 amide bonds. The average molecular weight is 342 g/mol. The second-order valence-electron chi connectivity index (χ2n) is 5.86. The quantitative estimate of drug-likeness (QED) is 0.802. The maximum absolute atomic E-state index is 13.5. The van der Waals surface area contributed by atoms with Crippen molar-refractivity contribution < 1.29 is 14.0 Å². The number of benzene rings is 2. The van der Waals surface area contributed by atoms with Crippen molar-refractivity contribution in [2.24, 2.45) is 0 Å². The zero-order chi connectivity index (χ0) is 18.1. The molecule has 0 saturated heterocycles. The topological polar surface area (TPSA) is 49.4 Å². The summed E-state index contributed by atoms with van der Waals surface area (Å²) in [6.07, 6.45) is 0.945. The van der Waals surface area contributed by atoms with Gasteiger partial charge in [0, 0.05) is 38.5 Å². The van der Waals surface area contributed by atoms with E-state index in [0.29, 0.717) is 18.7 Å². The Kier molecular flexibility index (Phi) is 7.14. The van der Waals surface area contributed by atoms with Crippen LogP contribution in [0.25, 0.3) is 0 Å². The summed E-state index contributed by atoms with van der Waals surface area (Å²) in [6.45, 7) is 2.57. The summed E-state index contributed by atoms with van der Waals surface area (Å²) >= 11 is 0. The monoisotopic (exact) mass is 342 g/mol. The van der Waals surface area contributed by atoms with Crippen LogP contribution in [0.4, 0.5) is 4.39 Å². The molecule has 25 heavy (non-hydrogen) atoms. The predicted molar refractivity (Wildman–Crippen MR) is 95.3 cm³/mol. The van der Waals surface area contributed by atoms with Crippen molar-refractivity contribution >= 4 is 11.8 Å². The number of halogens is 1. The van der Waals surface area contributed by atoms with Gasteiger partial charge in [0.2, 0.25) is 11.8 Å². The molecule has 0 saturated carbocycles. The summed E-state index contributed by atoms with van der Waals surface area (Å²) in [6, 6.07) is 16.2. The van der Waals surface area contributed by atoms with Crippen LogP contribution in [0.1, 0.15) is 24.5 Å². The number of rotatable bonds is 8. The first-order valence-corrected chi connectivity index (χ1v) is 8.36. The number of carbonyl (C=O) groups is 2. The van der Waals surface area contributed by atoms with Gasteiger partial charge >= 0.3 is 0 Å². The van der Waals surface area contributed by atoms with E-state index in [-0.39, 0.29) is 30.6 Å². The summed E-state index contributed by atoms with van der Waals surface area (Å²) in [5, 5.41) is 2.69. The maximum Gasteiger partial charge on any atom is 0.222 e. The lowest BCUT2D eigenvalue weighted by atomic mass is 10.1. The second-order valence-corrected chi connectivity index (χ2v) is 5.86. The molecular weight excluding hydrogens is 319 g/mol. The third-order valence-electron chi connectivity index (χ3n) is 4.00. The molecule has 5 heteroatoms. The normalized spacial score (nSPS) is 10.3. The highest BCUT2D eigenvalue weighted by Gasteiger charge is 2.11. The van der Waals surface area contributed by atoms with Gasteiger partial charge in [-0.15, -0.1) is 0 Å². The molecule has 0 aliphatic carbocycles. The molecular formula is C20H23FN2O2. The van der Waals surface area contributed by atoms with Crippen LogP contribution in [0.3, 0.4) is 0 Å². The van der Waals surface area contributed by atoms with Crippen molar-refractivity contribution in [1.29, 1.82) is 0 Å². The Morgan fingerprint density at radius 3 is 2.36 bits per heavy atom. The van der Waals surface area contributed by atoms with Crippen molar-refractivity contribution in [3.63, 3.8) is 0 Å². The Labute approximate surface area is 147 Å². The van der Waals surface area contributed by atoms with Gasteiger partial charge in [-0.05, 0) is 18.1 Å². The molecule has 132 valence electrons. The van der Waals surface area contributed by atoms with Crippen molar-refractivity contribution in [3.8, 4) is 0 Å². The Balaban J connectivity index is 1.77. The molecule has 2 rings (SSSR count). The minimum Gasteiger partial charge on any atom is -0.352 e. The molecule has 2 aromatic carbocycles. The predicted octanol–water partition coefficient (Wildman–Crippen LogP) is 2.92. The Morgan fingerprint density at radius 2 is 1.68 bits per heavy atom. The van der Waals surface area contributed by atoms with Gasteiger partial charge in [-0.3, -0.25) is 9.59 Å². The fourth-order valence-electron chi connectivity index (χ4n) is 2.50. The van der Waals surface area contributed by atoms with Gasteiger partial charge in [0.15, 0.2) is 0 Å². The van der Waals surface area contributed by atoms with Gasteiger partial charge in [-0.25, -0.2) is 4.39 Å². The molecule has 0 unspecified atom stereocenters. The van der Waals surface area contributed by atoms with Crippen molar-refractivity contribution in [3.05, 3.63) is 71.5 Å². The van der Waals surface area contributed by atoms with Crippen LogP contribution < -0.4 is 5.32 Å². The number of carbonyl (C=O) groups excluding carboxylic acids is 2. The summed E-state index contributed by atoms with van der Waals surface area (Å²) < 4.78 is 13.5. The third-order valence-corrected chi connectivity index (χ3v) is 4.00. The summed E-state index contributed by atoms with van der Waals surface area (Å²) in [5.74, 6) is -0.594. The number of nitrogens with one attached hydrogen (secondary N) is 1. The van der Waals surface area contributed by atoms with Gasteiger partial charge in [0.25, 0.3) is 0 Å². The van der Waals surface area contributed by atoms with E-state index in [2.05, 4.69) is 5.32 Å². The van der Waals surface area contributed by atoms with Gasteiger partial charge in [0.05, 0.1) is 0 Å². The maximum atomic E-state index is 13.5. The molecule has 2 aromatic rings. The minimum atomic E-state index is -0.337. The standard InChI is InChI=1S/C20H23FN2O2/c1-16(24)23(13-11-17-7-3-2-4-8-17)14-12-20(25)22-15-18-9-5-6-10-19(18)21/h2-10H,11-15H2,1H3,(H,22,25). The lowest BCUT2D eigenvalue weighted by molar-refractivity contribution is -0.129. The fourth-order valence-corrected chi connectivity index (χ4v) is 2.50. The van der Waals surface area contributed by atoms with Gasteiger partial charge < -0.3 is 10.2 Å². The highest BCUT2D eigenvalue weighted by Crippen LogP contribution is 2.06. The van der Waals surface area contributed by atoms with Crippen LogP contribution in [0, 0.1) is 5.82 Å². The smallest absolute Gasteiger partial charge is 0.222 e. The summed E-state index contributed by atoms with van der Waals surface area (Å²) in [7, 11) is 0. The van der Waals surface area contributed by atoms with Crippen molar-refractivity contribution in [2.75, 3.05) is 13.1 Å². The van der Waals surface area contributed by atoms with Crippen LogP contribution in [-0.4, -0.2) is 29.8 Å². The van der Waals surface area contributed by atoms with Crippen LogP contribution in [0.5, 0.6) is 0 Å². The molecule has 0 aliphatic rings. The summed E-state index contributed by atoms with van der Waals surface area (Å²) in [5.41, 5.74) is 1.60. The Hall–Kier alpha value is -2.69.